The highest BCUT2D eigenvalue weighted by molar-refractivity contribution is 5.84. The number of carbonyl (C=O) groups excluding carboxylic acids is 1. The van der Waals surface area contributed by atoms with Gasteiger partial charge < -0.3 is 14.8 Å². The van der Waals surface area contributed by atoms with Crippen LogP contribution in [0.1, 0.15) is 48.4 Å². The Balaban J connectivity index is 1.46. The van der Waals surface area contributed by atoms with Gasteiger partial charge in [0.15, 0.2) is 0 Å². The van der Waals surface area contributed by atoms with Crippen molar-refractivity contribution >= 4 is 11.9 Å². The molecule has 1 heterocycles. The summed E-state index contributed by atoms with van der Waals surface area (Å²) in [6.07, 6.45) is 5.71. The van der Waals surface area contributed by atoms with Gasteiger partial charge in [0.25, 0.3) is 0 Å². The van der Waals surface area contributed by atoms with Crippen LogP contribution in [-0.2, 0) is 11.3 Å². The van der Waals surface area contributed by atoms with E-state index in [9.17, 15) is 9.59 Å². The maximum absolute atomic E-state index is 11.9. The van der Waals surface area contributed by atoms with Gasteiger partial charge in [-0.15, -0.1) is 0 Å². The molecular weight excluding hydrogens is 258 g/mol. The summed E-state index contributed by atoms with van der Waals surface area (Å²) in [5.41, 5.74) is 0. The minimum Gasteiger partial charge on any atom is -0.475 e. The van der Waals surface area contributed by atoms with Crippen LogP contribution in [0.3, 0.4) is 0 Å². The van der Waals surface area contributed by atoms with E-state index in [0.717, 1.165) is 11.8 Å². The molecule has 5 nitrogen and oxygen atoms in total. The number of furan rings is 1. The molecule has 108 valence electrons. The minimum absolute atomic E-state index is 0.0378. The fourth-order valence-corrected chi connectivity index (χ4v) is 3.71. The molecule has 0 aliphatic heterocycles. The van der Waals surface area contributed by atoms with E-state index in [4.69, 9.17) is 9.52 Å². The molecule has 2 saturated carbocycles. The van der Waals surface area contributed by atoms with Gasteiger partial charge in [-0.25, -0.2) is 4.79 Å². The van der Waals surface area contributed by atoms with Crippen LogP contribution in [0.4, 0.5) is 0 Å². The first-order chi connectivity index (χ1) is 9.61. The number of nitrogens with one attached hydrogen (secondary N) is 1. The highest BCUT2D eigenvalue weighted by Crippen LogP contribution is 2.49. The molecule has 3 rings (SSSR count). The molecule has 2 aliphatic rings. The molecule has 2 fully saturated rings. The number of carboxylic acid groups (broad SMARTS) is 1. The van der Waals surface area contributed by atoms with E-state index in [0.29, 0.717) is 18.1 Å². The third-order valence-electron chi connectivity index (χ3n) is 4.66. The van der Waals surface area contributed by atoms with Crippen LogP contribution in [0.2, 0.25) is 0 Å². The summed E-state index contributed by atoms with van der Waals surface area (Å²) in [6, 6.07) is 2.99. The largest absolute Gasteiger partial charge is 0.475 e. The number of rotatable bonds is 5. The second-order valence-corrected chi connectivity index (χ2v) is 5.99. The Kier molecular flexibility index (Phi) is 3.51. The first-order valence-corrected chi connectivity index (χ1v) is 7.20. The van der Waals surface area contributed by atoms with Gasteiger partial charge in [-0.3, -0.25) is 4.79 Å². The Labute approximate surface area is 117 Å². The zero-order valence-electron chi connectivity index (χ0n) is 11.3. The first-order valence-electron chi connectivity index (χ1n) is 7.20. The molecule has 2 aliphatic carbocycles. The number of amides is 1. The second kappa shape index (κ2) is 5.31. The van der Waals surface area contributed by atoms with Crippen LogP contribution >= 0.6 is 0 Å². The Morgan fingerprint density at radius 1 is 1.30 bits per heavy atom. The van der Waals surface area contributed by atoms with Crippen molar-refractivity contribution < 1.29 is 19.1 Å². The van der Waals surface area contributed by atoms with Crippen LogP contribution in [0.15, 0.2) is 16.5 Å². The van der Waals surface area contributed by atoms with Crippen LogP contribution < -0.4 is 5.32 Å². The number of hydrogen-bond donors (Lipinski definition) is 2. The van der Waals surface area contributed by atoms with Gasteiger partial charge in [0, 0.05) is 6.42 Å². The predicted molar refractivity (Wildman–Crippen MR) is 71.1 cm³/mol. The number of carboxylic acids is 1. The summed E-state index contributed by atoms with van der Waals surface area (Å²) in [4.78, 5) is 22.6. The van der Waals surface area contributed by atoms with Gasteiger partial charge in [0.1, 0.15) is 5.76 Å². The Bertz CT molecular complexity index is 522. The van der Waals surface area contributed by atoms with E-state index in [1.807, 2.05) is 0 Å². The van der Waals surface area contributed by atoms with Gasteiger partial charge in [-0.05, 0) is 49.1 Å². The molecule has 2 N–H and O–H groups in total. The molecule has 0 saturated heterocycles. The highest BCUT2D eigenvalue weighted by atomic mass is 16.4. The SMILES string of the molecule is O=C(CC1CC2CCC1C2)NCc1ccc(C(=O)O)o1. The molecule has 20 heavy (non-hydrogen) atoms. The van der Waals surface area contributed by atoms with Crippen LogP contribution in [-0.4, -0.2) is 17.0 Å². The maximum Gasteiger partial charge on any atom is 0.371 e. The summed E-state index contributed by atoms with van der Waals surface area (Å²) in [5, 5.41) is 11.6. The standard InChI is InChI=1S/C15H19NO4/c17-14(7-11-6-9-1-2-10(11)5-9)16-8-12-3-4-13(20-12)15(18)19/h3-4,9-11H,1-2,5-8H2,(H,16,17)(H,18,19). The molecule has 1 aromatic heterocycles. The van der Waals surface area contributed by atoms with Gasteiger partial charge in [0.2, 0.25) is 11.7 Å². The zero-order chi connectivity index (χ0) is 14.1. The van der Waals surface area contributed by atoms with Crippen LogP contribution in [0.5, 0.6) is 0 Å². The van der Waals surface area contributed by atoms with Crippen molar-refractivity contribution in [2.75, 3.05) is 0 Å². The van der Waals surface area contributed by atoms with Gasteiger partial charge in [0.05, 0.1) is 6.54 Å². The van der Waals surface area contributed by atoms with Crippen molar-refractivity contribution in [1.29, 1.82) is 0 Å². The number of hydrogen-bond acceptors (Lipinski definition) is 3. The van der Waals surface area contributed by atoms with Gasteiger partial charge in [-0.1, -0.05) is 6.42 Å². The molecule has 3 atom stereocenters. The number of aromatic carboxylic acids is 1. The lowest BCUT2D eigenvalue weighted by Gasteiger charge is -2.20. The molecule has 1 amide bonds. The average molecular weight is 277 g/mol. The van der Waals surface area contributed by atoms with Crippen molar-refractivity contribution in [3.8, 4) is 0 Å². The van der Waals surface area contributed by atoms with E-state index in [2.05, 4.69) is 5.32 Å². The third-order valence-corrected chi connectivity index (χ3v) is 4.66. The predicted octanol–water partition coefficient (Wildman–Crippen LogP) is 2.42. The van der Waals surface area contributed by atoms with E-state index >= 15 is 0 Å². The summed E-state index contributed by atoms with van der Waals surface area (Å²) in [5.74, 6) is 1.46. The van der Waals surface area contributed by atoms with Crippen molar-refractivity contribution in [2.45, 2.75) is 38.6 Å². The van der Waals surface area contributed by atoms with Gasteiger partial charge in [-0.2, -0.15) is 0 Å². The summed E-state index contributed by atoms with van der Waals surface area (Å²) < 4.78 is 5.10. The summed E-state index contributed by atoms with van der Waals surface area (Å²) >= 11 is 0. The molecular formula is C15H19NO4. The Morgan fingerprint density at radius 2 is 2.15 bits per heavy atom. The number of fused-ring (bicyclic) bond motifs is 2. The Morgan fingerprint density at radius 3 is 2.75 bits per heavy atom. The highest BCUT2D eigenvalue weighted by Gasteiger charge is 2.39. The molecule has 0 aromatic carbocycles. The van der Waals surface area contributed by atoms with Crippen molar-refractivity contribution in [3.05, 3.63) is 23.7 Å². The zero-order valence-corrected chi connectivity index (χ0v) is 11.3. The van der Waals surface area contributed by atoms with Crippen molar-refractivity contribution in [2.24, 2.45) is 17.8 Å². The molecule has 5 heteroatoms. The van der Waals surface area contributed by atoms with Crippen LogP contribution in [0.25, 0.3) is 0 Å². The van der Waals surface area contributed by atoms with E-state index in [1.54, 1.807) is 6.07 Å². The van der Waals surface area contributed by atoms with Crippen LogP contribution in [0, 0.1) is 17.8 Å². The first kappa shape index (κ1) is 13.2. The second-order valence-electron chi connectivity index (χ2n) is 5.99. The monoisotopic (exact) mass is 277 g/mol. The lowest BCUT2D eigenvalue weighted by molar-refractivity contribution is -0.122. The normalized spacial score (nSPS) is 27.7. The molecule has 1 aromatic rings. The smallest absolute Gasteiger partial charge is 0.371 e. The number of carbonyl (C=O) groups is 2. The lowest BCUT2D eigenvalue weighted by Crippen LogP contribution is -2.26. The molecule has 0 radical (unpaired) electrons. The fraction of sp³-hybridized carbons (Fsp3) is 0.600. The van der Waals surface area contributed by atoms with E-state index in [-0.39, 0.29) is 18.2 Å². The fourth-order valence-electron chi connectivity index (χ4n) is 3.71. The third kappa shape index (κ3) is 2.71. The molecule has 0 spiro atoms. The lowest BCUT2D eigenvalue weighted by atomic mass is 9.86. The van der Waals surface area contributed by atoms with Crippen molar-refractivity contribution in [3.63, 3.8) is 0 Å². The Hall–Kier alpha value is -1.78. The quantitative estimate of drug-likeness (QED) is 0.866. The minimum atomic E-state index is -1.09. The molecule has 2 bridgehead atoms. The maximum atomic E-state index is 11.9. The summed E-state index contributed by atoms with van der Waals surface area (Å²) in [7, 11) is 0. The average Bonchev–Trinajstić information content (AvgIpc) is 3.12. The summed E-state index contributed by atoms with van der Waals surface area (Å²) in [6.45, 7) is 0.257. The van der Waals surface area contributed by atoms with E-state index in [1.165, 1.54) is 31.7 Å². The van der Waals surface area contributed by atoms with E-state index < -0.39 is 5.97 Å². The topological polar surface area (TPSA) is 79.5 Å². The van der Waals surface area contributed by atoms with Crippen molar-refractivity contribution in [1.82, 2.24) is 5.32 Å². The molecule has 3 unspecified atom stereocenters. The van der Waals surface area contributed by atoms with Gasteiger partial charge >= 0.3 is 5.97 Å².